The number of hydrogen-bond donors (Lipinski definition) is 0. The molecule has 0 heterocycles. The Kier molecular flexibility index (Phi) is 4.88. The third kappa shape index (κ3) is 3.44. The van der Waals surface area contributed by atoms with E-state index in [1.807, 2.05) is 12.1 Å². The van der Waals surface area contributed by atoms with Crippen LogP contribution < -0.4 is 4.74 Å². The van der Waals surface area contributed by atoms with Gasteiger partial charge in [-0.25, -0.2) is 4.42 Å². The molecule has 0 aromatic heterocycles. The van der Waals surface area contributed by atoms with Crippen LogP contribution >= 0.6 is 23.4 Å². The third-order valence-corrected chi connectivity index (χ3v) is 3.35. The highest BCUT2D eigenvalue weighted by molar-refractivity contribution is 6.32. The van der Waals surface area contributed by atoms with E-state index in [0.29, 0.717) is 16.3 Å². The highest BCUT2D eigenvalue weighted by Crippen LogP contribution is 2.26. The lowest BCUT2D eigenvalue weighted by atomic mass is 10.2. The maximum absolute atomic E-state index is 12.1. The standard InChI is InChI=1S/C15H13Cl2NO2/c1-20-14-8-7-11(9-13(14)16)10-18(17)15(19)12-5-3-2-4-6-12/h2-9H,10H2,1H3. The van der Waals surface area contributed by atoms with Gasteiger partial charge in [-0.15, -0.1) is 0 Å². The van der Waals surface area contributed by atoms with Gasteiger partial charge in [-0.3, -0.25) is 4.79 Å². The zero-order valence-electron chi connectivity index (χ0n) is 10.8. The van der Waals surface area contributed by atoms with Crippen molar-refractivity contribution in [1.29, 1.82) is 0 Å². The lowest BCUT2D eigenvalue weighted by molar-refractivity contribution is 0.0857. The van der Waals surface area contributed by atoms with Crippen molar-refractivity contribution in [2.24, 2.45) is 0 Å². The fourth-order valence-electron chi connectivity index (χ4n) is 1.76. The molecule has 20 heavy (non-hydrogen) atoms. The van der Waals surface area contributed by atoms with Gasteiger partial charge < -0.3 is 4.74 Å². The zero-order valence-corrected chi connectivity index (χ0v) is 12.4. The van der Waals surface area contributed by atoms with Gasteiger partial charge in [0, 0.05) is 17.3 Å². The molecule has 0 aliphatic heterocycles. The first-order valence-corrected chi connectivity index (χ1v) is 6.68. The number of amides is 1. The number of nitrogens with zero attached hydrogens (tertiary/aromatic N) is 1. The normalized spacial score (nSPS) is 10.2. The number of carbonyl (C=O) groups is 1. The fraction of sp³-hybridized carbons (Fsp3) is 0.133. The minimum atomic E-state index is -0.251. The summed E-state index contributed by atoms with van der Waals surface area (Å²) in [5.74, 6) is 0.338. The summed E-state index contributed by atoms with van der Waals surface area (Å²) < 4.78 is 6.21. The van der Waals surface area contributed by atoms with E-state index in [9.17, 15) is 4.79 Å². The number of ether oxygens (including phenoxy) is 1. The van der Waals surface area contributed by atoms with Gasteiger partial charge in [0.25, 0.3) is 5.91 Å². The molecular formula is C15H13Cl2NO2. The molecule has 1 amide bonds. The molecule has 0 spiro atoms. The number of hydrogen-bond acceptors (Lipinski definition) is 2. The predicted molar refractivity (Wildman–Crippen MR) is 80.2 cm³/mol. The van der Waals surface area contributed by atoms with E-state index < -0.39 is 0 Å². The van der Waals surface area contributed by atoms with Gasteiger partial charge in [-0.1, -0.05) is 35.9 Å². The van der Waals surface area contributed by atoms with E-state index in [0.717, 1.165) is 9.98 Å². The van der Waals surface area contributed by atoms with Crippen molar-refractivity contribution in [3.8, 4) is 5.75 Å². The van der Waals surface area contributed by atoms with Crippen LogP contribution in [0.1, 0.15) is 15.9 Å². The molecule has 2 rings (SSSR count). The first kappa shape index (κ1) is 14.7. The van der Waals surface area contributed by atoms with Gasteiger partial charge in [0.05, 0.1) is 18.7 Å². The van der Waals surface area contributed by atoms with Crippen LogP contribution in [0.2, 0.25) is 5.02 Å². The molecule has 0 atom stereocenters. The van der Waals surface area contributed by atoms with Crippen LogP contribution in [0.25, 0.3) is 0 Å². The summed E-state index contributed by atoms with van der Waals surface area (Å²) in [6, 6.07) is 14.2. The van der Waals surface area contributed by atoms with Crippen LogP contribution in [-0.2, 0) is 6.54 Å². The van der Waals surface area contributed by atoms with E-state index in [2.05, 4.69) is 0 Å². The summed E-state index contributed by atoms with van der Waals surface area (Å²) in [5, 5.41) is 0.488. The molecular weight excluding hydrogens is 297 g/mol. The molecule has 2 aromatic rings. The van der Waals surface area contributed by atoms with Gasteiger partial charge >= 0.3 is 0 Å². The fourth-order valence-corrected chi connectivity index (χ4v) is 2.28. The van der Waals surface area contributed by atoms with Crippen molar-refractivity contribution in [1.82, 2.24) is 4.42 Å². The molecule has 2 aromatic carbocycles. The second kappa shape index (κ2) is 6.64. The Balaban J connectivity index is 2.10. The van der Waals surface area contributed by atoms with E-state index in [1.165, 1.54) is 0 Å². The number of methoxy groups -OCH3 is 1. The molecule has 0 bridgehead atoms. The van der Waals surface area contributed by atoms with Gasteiger partial charge in [0.1, 0.15) is 5.75 Å². The van der Waals surface area contributed by atoms with Gasteiger partial charge in [0.15, 0.2) is 0 Å². The molecule has 0 aliphatic rings. The Morgan fingerprint density at radius 2 is 1.90 bits per heavy atom. The lowest BCUT2D eigenvalue weighted by Gasteiger charge is -2.14. The van der Waals surface area contributed by atoms with Crippen LogP contribution in [0.5, 0.6) is 5.75 Å². The highest BCUT2D eigenvalue weighted by atomic mass is 35.5. The van der Waals surface area contributed by atoms with Crippen LogP contribution in [-0.4, -0.2) is 17.4 Å². The third-order valence-electron chi connectivity index (χ3n) is 2.78. The Hall–Kier alpha value is -1.71. The van der Waals surface area contributed by atoms with Crippen LogP contribution in [0.15, 0.2) is 48.5 Å². The summed E-state index contributed by atoms with van der Waals surface area (Å²) >= 11 is 12.1. The number of halogens is 2. The predicted octanol–water partition coefficient (Wildman–Crippen LogP) is 4.14. The monoisotopic (exact) mass is 309 g/mol. The summed E-state index contributed by atoms with van der Waals surface area (Å²) in [6.45, 7) is 0.263. The Morgan fingerprint density at radius 3 is 2.50 bits per heavy atom. The second-order valence-electron chi connectivity index (χ2n) is 4.16. The molecule has 0 radical (unpaired) electrons. The van der Waals surface area contributed by atoms with Crippen LogP contribution in [0, 0.1) is 0 Å². The molecule has 0 unspecified atom stereocenters. The minimum Gasteiger partial charge on any atom is -0.495 e. The van der Waals surface area contributed by atoms with Crippen molar-refractivity contribution in [2.45, 2.75) is 6.54 Å². The first-order chi connectivity index (χ1) is 9.61. The molecule has 0 fully saturated rings. The van der Waals surface area contributed by atoms with Gasteiger partial charge in [-0.05, 0) is 29.8 Å². The number of carbonyl (C=O) groups excluding carboxylic acids is 1. The molecule has 0 N–H and O–H groups in total. The molecule has 104 valence electrons. The zero-order chi connectivity index (χ0) is 14.5. The summed E-state index contributed by atoms with van der Waals surface area (Å²) in [6.07, 6.45) is 0. The Morgan fingerprint density at radius 1 is 1.20 bits per heavy atom. The van der Waals surface area contributed by atoms with Crippen molar-refractivity contribution >= 4 is 29.3 Å². The van der Waals surface area contributed by atoms with E-state index in [1.54, 1.807) is 43.5 Å². The minimum absolute atomic E-state index is 0.251. The molecule has 0 saturated carbocycles. The molecule has 0 saturated heterocycles. The molecule has 3 nitrogen and oxygen atoms in total. The largest absolute Gasteiger partial charge is 0.495 e. The SMILES string of the molecule is COc1ccc(CN(Cl)C(=O)c2ccccc2)cc1Cl. The smallest absolute Gasteiger partial charge is 0.268 e. The topological polar surface area (TPSA) is 29.5 Å². The van der Waals surface area contributed by atoms with Crippen molar-refractivity contribution in [3.63, 3.8) is 0 Å². The maximum atomic E-state index is 12.1. The average molecular weight is 310 g/mol. The van der Waals surface area contributed by atoms with E-state index >= 15 is 0 Å². The molecule has 0 aliphatic carbocycles. The molecule has 5 heteroatoms. The number of rotatable bonds is 4. The van der Waals surface area contributed by atoms with Crippen LogP contribution in [0.4, 0.5) is 0 Å². The summed E-state index contributed by atoms with van der Waals surface area (Å²) in [5.41, 5.74) is 1.37. The van der Waals surface area contributed by atoms with E-state index in [-0.39, 0.29) is 12.5 Å². The van der Waals surface area contributed by atoms with Crippen LogP contribution in [0.3, 0.4) is 0 Å². The van der Waals surface area contributed by atoms with Crippen molar-refractivity contribution < 1.29 is 9.53 Å². The quantitative estimate of drug-likeness (QED) is 0.794. The maximum Gasteiger partial charge on any atom is 0.268 e. The van der Waals surface area contributed by atoms with E-state index in [4.69, 9.17) is 28.1 Å². The van der Waals surface area contributed by atoms with Gasteiger partial charge in [0.2, 0.25) is 0 Å². The van der Waals surface area contributed by atoms with Gasteiger partial charge in [-0.2, -0.15) is 0 Å². The first-order valence-electron chi connectivity index (χ1n) is 5.97. The average Bonchev–Trinajstić information content (AvgIpc) is 2.47. The summed E-state index contributed by atoms with van der Waals surface area (Å²) in [7, 11) is 1.55. The lowest BCUT2D eigenvalue weighted by Crippen LogP contribution is -2.21. The second-order valence-corrected chi connectivity index (χ2v) is 4.98. The Labute approximate surface area is 127 Å². The number of benzene rings is 2. The summed E-state index contributed by atoms with van der Waals surface area (Å²) in [4.78, 5) is 12.1. The van der Waals surface area contributed by atoms with Crippen molar-refractivity contribution in [2.75, 3.05) is 7.11 Å². The van der Waals surface area contributed by atoms with Crippen molar-refractivity contribution in [3.05, 3.63) is 64.7 Å². The highest BCUT2D eigenvalue weighted by Gasteiger charge is 2.14. The Bertz CT molecular complexity index is 602.